The largest absolute Gasteiger partial charge is 0.467 e. The van der Waals surface area contributed by atoms with Crippen molar-refractivity contribution in [2.45, 2.75) is 6.54 Å². The van der Waals surface area contributed by atoms with Gasteiger partial charge in [-0.15, -0.1) is 0 Å². The molecule has 0 unspecified atom stereocenters. The molecule has 1 aliphatic heterocycles. The average Bonchev–Trinajstić information content (AvgIpc) is 3.19. The van der Waals surface area contributed by atoms with Gasteiger partial charge in [0.05, 0.1) is 12.8 Å². The Labute approximate surface area is 148 Å². The van der Waals surface area contributed by atoms with E-state index in [-0.39, 0.29) is 0 Å². The van der Waals surface area contributed by atoms with Gasteiger partial charge in [-0.3, -0.25) is 9.89 Å². The Kier molecular flexibility index (Phi) is 6.22. The lowest BCUT2D eigenvalue weighted by Gasteiger charge is -2.34. The average molecular weight is 343 g/mol. The zero-order valence-corrected chi connectivity index (χ0v) is 14.6. The predicted molar refractivity (Wildman–Crippen MR) is 97.6 cm³/mol. The van der Waals surface area contributed by atoms with Crippen LogP contribution >= 0.6 is 0 Å². The maximum absolute atomic E-state index is 5.31. The molecular weight excluding hydrogens is 318 g/mol. The van der Waals surface area contributed by atoms with E-state index in [1.54, 1.807) is 25.7 Å². The van der Waals surface area contributed by atoms with Gasteiger partial charge in [-0.1, -0.05) is 0 Å². The van der Waals surface area contributed by atoms with Gasteiger partial charge in [-0.25, -0.2) is 9.97 Å². The smallest absolute Gasteiger partial charge is 0.225 e. The number of hydrogen-bond donors (Lipinski definition) is 2. The van der Waals surface area contributed by atoms with E-state index in [4.69, 9.17) is 4.42 Å². The van der Waals surface area contributed by atoms with Gasteiger partial charge in [-0.05, 0) is 18.2 Å². The van der Waals surface area contributed by atoms with Crippen LogP contribution in [0, 0.1) is 0 Å². The standard InChI is InChI=1S/C17H25N7O/c1-18-16(22-14-15-4-2-13-25-15)19-7-8-23-9-11-24(12-10-23)17-20-5-3-6-21-17/h2-6,13H,7-12,14H2,1H3,(H2,18,19,22). The maximum Gasteiger partial charge on any atom is 0.225 e. The van der Waals surface area contributed by atoms with Crippen molar-refractivity contribution in [1.29, 1.82) is 0 Å². The van der Waals surface area contributed by atoms with Gasteiger partial charge in [0.2, 0.25) is 5.95 Å². The minimum absolute atomic E-state index is 0.627. The number of nitrogens with zero attached hydrogens (tertiary/aromatic N) is 5. The number of aliphatic imine (C=N–C) groups is 1. The van der Waals surface area contributed by atoms with E-state index in [2.05, 4.69) is 35.4 Å². The molecule has 2 aromatic rings. The molecule has 3 rings (SSSR count). The number of nitrogens with one attached hydrogen (secondary N) is 2. The van der Waals surface area contributed by atoms with E-state index in [9.17, 15) is 0 Å². The van der Waals surface area contributed by atoms with Gasteiger partial charge in [-0.2, -0.15) is 0 Å². The lowest BCUT2D eigenvalue weighted by molar-refractivity contribution is 0.260. The van der Waals surface area contributed by atoms with Gasteiger partial charge in [0.25, 0.3) is 0 Å². The third-order valence-electron chi connectivity index (χ3n) is 4.16. The third-order valence-corrected chi connectivity index (χ3v) is 4.16. The fourth-order valence-corrected chi connectivity index (χ4v) is 2.76. The fraction of sp³-hybridized carbons (Fsp3) is 0.471. The van der Waals surface area contributed by atoms with E-state index >= 15 is 0 Å². The second-order valence-corrected chi connectivity index (χ2v) is 5.81. The van der Waals surface area contributed by atoms with Crippen molar-refractivity contribution in [3.05, 3.63) is 42.6 Å². The predicted octanol–water partition coefficient (Wildman–Crippen LogP) is 0.557. The molecule has 134 valence electrons. The number of anilines is 1. The molecule has 1 fully saturated rings. The summed E-state index contributed by atoms with van der Waals surface area (Å²) in [5, 5.41) is 6.58. The van der Waals surface area contributed by atoms with E-state index < -0.39 is 0 Å². The highest BCUT2D eigenvalue weighted by Crippen LogP contribution is 2.09. The Bertz CT molecular complexity index is 636. The zero-order valence-electron chi connectivity index (χ0n) is 14.6. The normalized spacial score (nSPS) is 16.0. The molecule has 0 atom stereocenters. The van der Waals surface area contributed by atoms with Crippen LogP contribution in [0.3, 0.4) is 0 Å². The minimum atomic E-state index is 0.627. The van der Waals surface area contributed by atoms with Gasteiger partial charge in [0.15, 0.2) is 5.96 Å². The molecule has 1 saturated heterocycles. The molecule has 0 spiro atoms. The molecule has 8 nitrogen and oxygen atoms in total. The Morgan fingerprint density at radius 3 is 2.64 bits per heavy atom. The Hall–Kier alpha value is -2.61. The molecule has 0 bridgehead atoms. The summed E-state index contributed by atoms with van der Waals surface area (Å²) in [4.78, 5) is 17.5. The van der Waals surface area contributed by atoms with Crippen LogP contribution in [0.25, 0.3) is 0 Å². The molecule has 0 aliphatic carbocycles. The first kappa shape index (κ1) is 17.2. The number of aromatic nitrogens is 2. The summed E-state index contributed by atoms with van der Waals surface area (Å²) in [6, 6.07) is 5.67. The first-order valence-corrected chi connectivity index (χ1v) is 8.56. The quantitative estimate of drug-likeness (QED) is 0.586. The Morgan fingerprint density at radius 1 is 1.16 bits per heavy atom. The fourth-order valence-electron chi connectivity index (χ4n) is 2.76. The second kappa shape index (κ2) is 9.03. The summed E-state index contributed by atoms with van der Waals surface area (Å²) >= 11 is 0. The molecule has 0 aromatic carbocycles. The molecule has 25 heavy (non-hydrogen) atoms. The van der Waals surface area contributed by atoms with E-state index in [0.29, 0.717) is 6.54 Å². The van der Waals surface area contributed by atoms with Crippen LogP contribution in [0.1, 0.15) is 5.76 Å². The molecule has 8 heteroatoms. The van der Waals surface area contributed by atoms with Crippen molar-refractivity contribution in [2.75, 3.05) is 51.2 Å². The van der Waals surface area contributed by atoms with Gasteiger partial charge in [0.1, 0.15) is 5.76 Å². The van der Waals surface area contributed by atoms with Crippen molar-refractivity contribution >= 4 is 11.9 Å². The van der Waals surface area contributed by atoms with Crippen LogP contribution in [0.4, 0.5) is 5.95 Å². The highest BCUT2D eigenvalue weighted by molar-refractivity contribution is 5.79. The van der Waals surface area contributed by atoms with Crippen molar-refractivity contribution in [3.63, 3.8) is 0 Å². The Morgan fingerprint density at radius 2 is 1.96 bits per heavy atom. The number of hydrogen-bond acceptors (Lipinski definition) is 6. The van der Waals surface area contributed by atoms with E-state index in [1.165, 1.54) is 0 Å². The number of furan rings is 1. The molecule has 0 saturated carbocycles. The molecule has 2 N–H and O–H groups in total. The molecule has 2 aromatic heterocycles. The minimum Gasteiger partial charge on any atom is -0.467 e. The monoisotopic (exact) mass is 343 g/mol. The van der Waals surface area contributed by atoms with Crippen LogP contribution < -0.4 is 15.5 Å². The highest BCUT2D eigenvalue weighted by atomic mass is 16.3. The molecule has 0 radical (unpaired) electrons. The molecular formula is C17H25N7O. The van der Waals surface area contributed by atoms with Crippen LogP contribution in [0.5, 0.6) is 0 Å². The Balaban J connectivity index is 1.34. The summed E-state index contributed by atoms with van der Waals surface area (Å²) in [6.45, 7) is 6.38. The van der Waals surface area contributed by atoms with Crippen LogP contribution in [0.2, 0.25) is 0 Å². The van der Waals surface area contributed by atoms with E-state index in [0.717, 1.165) is 56.9 Å². The summed E-state index contributed by atoms with van der Waals surface area (Å²) < 4.78 is 5.31. The van der Waals surface area contributed by atoms with Crippen LogP contribution in [-0.2, 0) is 6.54 Å². The third kappa shape index (κ3) is 5.18. The molecule has 3 heterocycles. The topological polar surface area (TPSA) is 81.8 Å². The summed E-state index contributed by atoms with van der Waals surface area (Å²) in [5.41, 5.74) is 0. The summed E-state index contributed by atoms with van der Waals surface area (Å²) in [5.74, 6) is 2.50. The number of piperazine rings is 1. The second-order valence-electron chi connectivity index (χ2n) is 5.81. The maximum atomic E-state index is 5.31. The van der Waals surface area contributed by atoms with Crippen LogP contribution in [0.15, 0.2) is 46.3 Å². The van der Waals surface area contributed by atoms with Crippen molar-refractivity contribution in [2.24, 2.45) is 4.99 Å². The molecule has 0 amide bonds. The van der Waals surface area contributed by atoms with Crippen molar-refractivity contribution in [1.82, 2.24) is 25.5 Å². The molecule has 1 aliphatic rings. The van der Waals surface area contributed by atoms with Crippen LogP contribution in [-0.4, -0.2) is 67.1 Å². The lowest BCUT2D eigenvalue weighted by atomic mass is 10.3. The van der Waals surface area contributed by atoms with Gasteiger partial charge < -0.3 is 20.0 Å². The zero-order chi connectivity index (χ0) is 17.3. The van der Waals surface area contributed by atoms with Crippen molar-refractivity contribution in [3.8, 4) is 0 Å². The van der Waals surface area contributed by atoms with E-state index in [1.807, 2.05) is 18.2 Å². The number of guanidine groups is 1. The van der Waals surface area contributed by atoms with Gasteiger partial charge >= 0.3 is 0 Å². The lowest BCUT2D eigenvalue weighted by Crippen LogP contribution is -2.49. The number of rotatable bonds is 6. The SMILES string of the molecule is CN=C(NCCN1CCN(c2ncccn2)CC1)NCc1ccco1. The highest BCUT2D eigenvalue weighted by Gasteiger charge is 2.18. The van der Waals surface area contributed by atoms with Crippen molar-refractivity contribution < 1.29 is 4.42 Å². The first-order chi connectivity index (χ1) is 12.3. The first-order valence-electron chi connectivity index (χ1n) is 8.56. The van der Waals surface area contributed by atoms with Gasteiger partial charge in [0, 0.05) is 58.7 Å². The summed E-state index contributed by atoms with van der Waals surface area (Å²) in [7, 11) is 1.77. The summed E-state index contributed by atoms with van der Waals surface area (Å²) in [6.07, 6.45) is 5.26.